The highest BCUT2D eigenvalue weighted by atomic mass is 19.1. The second kappa shape index (κ2) is 13.8. The first-order valence-corrected chi connectivity index (χ1v) is 12.3. The highest BCUT2D eigenvalue weighted by Crippen LogP contribution is 2.24. The number of nitrogens with zero attached hydrogens (tertiary/aromatic N) is 3. The van der Waals surface area contributed by atoms with E-state index in [2.05, 4.69) is 22.3 Å². The van der Waals surface area contributed by atoms with Crippen molar-refractivity contribution in [2.24, 2.45) is 0 Å². The number of carboxylic acid groups (broad SMARTS) is 2. The van der Waals surface area contributed by atoms with E-state index in [-0.39, 0.29) is 11.7 Å². The molecule has 39 heavy (non-hydrogen) atoms. The summed E-state index contributed by atoms with van der Waals surface area (Å²) in [6.45, 7) is 3.91. The van der Waals surface area contributed by atoms with Gasteiger partial charge in [0.1, 0.15) is 23.0 Å². The Kier molecular flexibility index (Phi) is 10.2. The van der Waals surface area contributed by atoms with Crippen molar-refractivity contribution in [3.8, 4) is 22.9 Å². The molecule has 4 rings (SSSR count). The van der Waals surface area contributed by atoms with Crippen molar-refractivity contribution in [1.82, 2.24) is 15.3 Å². The van der Waals surface area contributed by atoms with E-state index in [9.17, 15) is 18.8 Å². The van der Waals surface area contributed by atoms with Crippen LogP contribution < -0.4 is 10.1 Å². The van der Waals surface area contributed by atoms with Crippen LogP contribution >= 0.6 is 0 Å². The number of aromatic nitrogens is 2. The molecule has 204 valence electrons. The van der Waals surface area contributed by atoms with Crippen LogP contribution in [-0.4, -0.2) is 75.7 Å². The molecule has 1 saturated heterocycles. The number of quaternary nitrogens is 1. The Labute approximate surface area is 225 Å². The minimum absolute atomic E-state index is 0.189. The van der Waals surface area contributed by atoms with Gasteiger partial charge in [0.2, 0.25) is 0 Å². The molecule has 1 aliphatic heterocycles. The van der Waals surface area contributed by atoms with Gasteiger partial charge in [-0.25, -0.2) is 23.9 Å². The topological polar surface area (TPSA) is 139 Å². The maximum atomic E-state index is 13.0. The van der Waals surface area contributed by atoms with Gasteiger partial charge >= 0.3 is 11.9 Å². The summed E-state index contributed by atoms with van der Waals surface area (Å²) >= 11 is 0. The molecule has 1 aliphatic rings. The van der Waals surface area contributed by atoms with E-state index in [0.29, 0.717) is 41.7 Å². The number of carbonyl (C=O) groups excluding carboxylic acids is 1. The van der Waals surface area contributed by atoms with Crippen LogP contribution in [0.15, 0.2) is 72.9 Å². The number of amides is 1. The highest BCUT2D eigenvalue weighted by Gasteiger charge is 2.26. The number of likely N-dealkylation sites (N-methyl/N-ethyl adjacent to an activating group) is 1. The van der Waals surface area contributed by atoms with Crippen LogP contribution in [0.1, 0.15) is 23.3 Å². The van der Waals surface area contributed by atoms with Crippen molar-refractivity contribution in [2.75, 3.05) is 33.2 Å². The molecule has 2 heterocycles. The molecule has 0 aliphatic carbocycles. The van der Waals surface area contributed by atoms with Crippen molar-refractivity contribution in [3.05, 3.63) is 84.5 Å². The Balaban J connectivity index is 0.000000459. The number of halogens is 1. The lowest BCUT2D eigenvalue weighted by atomic mass is 10.2. The molecule has 0 radical (unpaired) electrons. The number of carbonyl (C=O) groups is 3. The lowest BCUT2D eigenvalue weighted by Crippen LogP contribution is -2.46. The van der Waals surface area contributed by atoms with Gasteiger partial charge in [-0.05, 0) is 54.6 Å². The Morgan fingerprint density at radius 1 is 0.949 bits per heavy atom. The van der Waals surface area contributed by atoms with Gasteiger partial charge < -0.3 is 24.7 Å². The van der Waals surface area contributed by atoms with E-state index in [1.165, 1.54) is 38.1 Å². The van der Waals surface area contributed by atoms with Gasteiger partial charge in [-0.2, -0.15) is 0 Å². The first-order valence-electron chi connectivity index (χ1n) is 12.3. The summed E-state index contributed by atoms with van der Waals surface area (Å²) in [5.74, 6) is -1.38. The number of benzene rings is 2. The van der Waals surface area contributed by atoms with Gasteiger partial charge in [0, 0.05) is 36.8 Å². The number of nitrogens with one attached hydrogen (secondary N) is 1. The molecular formula is C28H30FN4O6+. The molecule has 0 bridgehead atoms. The van der Waals surface area contributed by atoms with E-state index in [1.807, 2.05) is 12.1 Å². The molecule has 1 amide bonds. The van der Waals surface area contributed by atoms with Crippen molar-refractivity contribution < 1.29 is 38.2 Å². The Hall–Kier alpha value is -4.64. The van der Waals surface area contributed by atoms with Crippen LogP contribution in [0.3, 0.4) is 0 Å². The van der Waals surface area contributed by atoms with Crippen molar-refractivity contribution in [1.29, 1.82) is 0 Å². The molecule has 3 N–H and O–H groups in total. The molecule has 0 spiro atoms. The minimum Gasteiger partial charge on any atom is -0.478 e. The summed E-state index contributed by atoms with van der Waals surface area (Å²) in [7, 11) is 2.24. The lowest BCUT2D eigenvalue weighted by Gasteiger charge is -2.29. The third kappa shape index (κ3) is 9.63. The zero-order valence-electron chi connectivity index (χ0n) is 21.4. The largest absolute Gasteiger partial charge is 0.478 e. The number of aliphatic carboxylic acids is 2. The maximum Gasteiger partial charge on any atom is 0.328 e. The fourth-order valence-electron chi connectivity index (χ4n) is 3.93. The Bertz CT molecular complexity index is 1290. The van der Waals surface area contributed by atoms with E-state index < -0.39 is 11.9 Å². The van der Waals surface area contributed by atoms with E-state index in [1.54, 1.807) is 36.5 Å². The summed E-state index contributed by atoms with van der Waals surface area (Å²) in [6.07, 6.45) is 5.22. The Morgan fingerprint density at radius 2 is 1.51 bits per heavy atom. The Morgan fingerprint density at radius 3 is 2.08 bits per heavy atom. The first kappa shape index (κ1) is 28.9. The highest BCUT2D eigenvalue weighted by molar-refractivity contribution is 5.92. The average molecular weight is 538 g/mol. The van der Waals surface area contributed by atoms with Gasteiger partial charge in [-0.15, -0.1) is 0 Å². The standard InChI is InChI=1S/C24H25FN4O2.C4H4O4/c1-29(15-2-3-16-29)17-14-27-24(30)22-12-13-26-23(28-22)18-4-8-20(9-5-18)31-21-10-6-19(25)7-11-21;5-3(6)1-2-4(7)8/h4-13H,2-3,14-17H2,1H3;1-2H,(H,5,6)(H,7,8)/p+1/b;2-1-. The van der Waals surface area contributed by atoms with Gasteiger partial charge in [0.25, 0.3) is 5.91 Å². The predicted molar refractivity (Wildman–Crippen MR) is 141 cm³/mol. The molecule has 0 saturated carbocycles. The predicted octanol–water partition coefficient (Wildman–Crippen LogP) is 3.76. The summed E-state index contributed by atoms with van der Waals surface area (Å²) in [5.41, 5.74) is 1.12. The number of rotatable bonds is 9. The third-order valence-electron chi connectivity index (χ3n) is 6.00. The average Bonchev–Trinajstić information content (AvgIpc) is 3.36. The monoisotopic (exact) mass is 537 g/mol. The molecule has 1 fully saturated rings. The first-order chi connectivity index (χ1) is 18.6. The molecule has 2 aromatic carbocycles. The van der Waals surface area contributed by atoms with E-state index in [0.717, 1.165) is 16.6 Å². The van der Waals surface area contributed by atoms with Crippen LogP contribution in [0, 0.1) is 5.82 Å². The van der Waals surface area contributed by atoms with Crippen molar-refractivity contribution >= 4 is 17.8 Å². The molecular weight excluding hydrogens is 507 g/mol. The normalized spacial score (nSPS) is 13.8. The smallest absolute Gasteiger partial charge is 0.328 e. The van der Waals surface area contributed by atoms with E-state index >= 15 is 0 Å². The summed E-state index contributed by atoms with van der Waals surface area (Å²) in [5, 5.41) is 18.6. The second-order valence-electron chi connectivity index (χ2n) is 9.11. The SMILES string of the molecule is C[N+]1(CCNC(=O)c2ccnc(-c3ccc(Oc4ccc(F)cc4)cc3)n2)CCCC1.O=C(O)/C=C\C(=O)O. The molecule has 3 aromatic rings. The van der Waals surface area contributed by atoms with Crippen LogP contribution in [0.25, 0.3) is 11.4 Å². The summed E-state index contributed by atoms with van der Waals surface area (Å²) < 4.78 is 19.7. The fraction of sp³-hybridized carbons (Fsp3) is 0.250. The lowest BCUT2D eigenvalue weighted by molar-refractivity contribution is -0.896. The summed E-state index contributed by atoms with van der Waals surface area (Å²) in [4.78, 5) is 40.4. The van der Waals surface area contributed by atoms with Gasteiger partial charge in [-0.3, -0.25) is 4.79 Å². The van der Waals surface area contributed by atoms with E-state index in [4.69, 9.17) is 14.9 Å². The van der Waals surface area contributed by atoms with Gasteiger partial charge in [0.15, 0.2) is 5.82 Å². The number of hydrogen-bond donors (Lipinski definition) is 3. The number of likely N-dealkylation sites (tertiary alicyclic amines) is 1. The zero-order chi connectivity index (χ0) is 28.3. The van der Waals surface area contributed by atoms with Crippen LogP contribution in [-0.2, 0) is 9.59 Å². The van der Waals surface area contributed by atoms with Crippen LogP contribution in [0.2, 0.25) is 0 Å². The summed E-state index contributed by atoms with van der Waals surface area (Å²) in [6, 6.07) is 14.7. The van der Waals surface area contributed by atoms with Crippen LogP contribution in [0.5, 0.6) is 11.5 Å². The zero-order valence-corrected chi connectivity index (χ0v) is 21.4. The van der Waals surface area contributed by atoms with Gasteiger partial charge in [0.05, 0.1) is 33.2 Å². The molecule has 10 nitrogen and oxygen atoms in total. The van der Waals surface area contributed by atoms with Gasteiger partial charge in [-0.1, -0.05) is 0 Å². The molecule has 11 heteroatoms. The van der Waals surface area contributed by atoms with Crippen molar-refractivity contribution in [3.63, 3.8) is 0 Å². The maximum absolute atomic E-state index is 13.0. The third-order valence-corrected chi connectivity index (χ3v) is 6.00. The number of carboxylic acids is 2. The molecule has 0 unspecified atom stereocenters. The van der Waals surface area contributed by atoms with Crippen LogP contribution in [0.4, 0.5) is 4.39 Å². The fourth-order valence-corrected chi connectivity index (χ4v) is 3.93. The minimum atomic E-state index is -1.26. The molecule has 1 aromatic heterocycles. The second-order valence-corrected chi connectivity index (χ2v) is 9.11. The molecule has 0 atom stereocenters. The number of hydrogen-bond acceptors (Lipinski definition) is 6. The number of ether oxygens (including phenoxy) is 1. The quantitative estimate of drug-likeness (QED) is 0.277. The van der Waals surface area contributed by atoms with Crippen molar-refractivity contribution in [2.45, 2.75) is 12.8 Å².